The number of carboxylic acids is 1. The van der Waals surface area contributed by atoms with Crippen molar-refractivity contribution in [3.05, 3.63) is 89.2 Å². The molecule has 0 spiro atoms. The number of aromatic nitrogens is 4. The first-order chi connectivity index (χ1) is 19.0. The highest BCUT2D eigenvalue weighted by Gasteiger charge is 2.22. The van der Waals surface area contributed by atoms with Crippen LogP contribution in [0.3, 0.4) is 0 Å². The minimum absolute atomic E-state index is 0.0401. The molecule has 1 aliphatic rings. The van der Waals surface area contributed by atoms with Crippen molar-refractivity contribution in [1.82, 2.24) is 19.9 Å². The quantitative estimate of drug-likeness (QED) is 0.223. The summed E-state index contributed by atoms with van der Waals surface area (Å²) < 4.78 is 0. The van der Waals surface area contributed by atoms with E-state index in [-0.39, 0.29) is 6.42 Å². The Hall–Kier alpha value is -4.46. The second kappa shape index (κ2) is 10.3. The van der Waals surface area contributed by atoms with Gasteiger partial charge in [-0.05, 0) is 110 Å². The molecule has 0 radical (unpaired) electrons. The van der Waals surface area contributed by atoms with Gasteiger partial charge in [-0.25, -0.2) is 0 Å². The Labute approximate surface area is 232 Å². The van der Waals surface area contributed by atoms with Gasteiger partial charge in [0, 0.05) is 39.5 Å². The number of carboxylic acid groups (broad SMARTS) is 1. The number of aliphatic carboxylic acids is 1. The minimum atomic E-state index is -0.831. The molecule has 0 unspecified atom stereocenters. The molecule has 5 heterocycles. The monoisotopic (exact) mass is 539 g/mol. The Balaban J connectivity index is 1.97. The van der Waals surface area contributed by atoms with Gasteiger partial charge in [-0.15, -0.1) is 0 Å². The van der Waals surface area contributed by atoms with Crippen molar-refractivity contribution >= 4 is 35.7 Å². The molecule has 0 saturated carbocycles. The van der Waals surface area contributed by atoms with Crippen LogP contribution in [0.2, 0.25) is 0 Å². The zero-order valence-corrected chi connectivity index (χ0v) is 24.0. The Bertz CT molecular complexity index is 1920. The Morgan fingerprint density at radius 1 is 0.775 bits per heavy atom. The third kappa shape index (κ3) is 4.53. The Morgan fingerprint density at radius 3 is 2.10 bits per heavy atom. The number of rotatable bonds is 6. The largest absolute Gasteiger partial charge is 0.481 e. The minimum Gasteiger partial charge on any atom is -0.481 e. The maximum absolute atomic E-state index is 13.1. The number of aromatic amines is 4. The van der Waals surface area contributed by atoms with Gasteiger partial charge in [0.15, 0.2) is 0 Å². The standard InChI is InChI=1S/C32H37N5O3/c1-7-20-18(6)30-29(32(33)40)31-21(8-2)16(4)25(36-31)14-24-17(5)22(9-10-28(38)39)26(35-24)12-19-11-15(3)23(34-19)13-27(20)37-30/h11-14,34-37H,7-10H2,1-6H3,(H2,33,40)(H,38,39). The highest BCUT2D eigenvalue weighted by Crippen LogP contribution is 2.25. The highest BCUT2D eigenvalue weighted by atomic mass is 16.4. The average Bonchev–Trinajstić information content (AvgIpc) is 3.57. The second-order valence-electron chi connectivity index (χ2n) is 10.7. The van der Waals surface area contributed by atoms with Crippen LogP contribution in [0.4, 0.5) is 0 Å². The summed E-state index contributed by atoms with van der Waals surface area (Å²) in [5.74, 6) is -1.33. The number of hydrogen-bond donors (Lipinski definition) is 6. The van der Waals surface area contributed by atoms with Gasteiger partial charge in [0.2, 0.25) is 0 Å². The number of aryl methyl sites for hydroxylation is 1. The molecule has 0 aliphatic carbocycles. The first kappa shape index (κ1) is 27.1. The van der Waals surface area contributed by atoms with Crippen molar-refractivity contribution in [2.24, 2.45) is 5.73 Å². The first-order valence-corrected chi connectivity index (χ1v) is 13.8. The van der Waals surface area contributed by atoms with Gasteiger partial charge in [0.1, 0.15) is 0 Å². The maximum atomic E-state index is 13.1. The van der Waals surface area contributed by atoms with Crippen molar-refractivity contribution in [3.63, 3.8) is 0 Å². The molecular weight excluding hydrogens is 502 g/mol. The predicted molar refractivity (Wildman–Crippen MR) is 158 cm³/mol. The second-order valence-corrected chi connectivity index (χ2v) is 10.7. The number of hydrogen-bond acceptors (Lipinski definition) is 2. The number of primary amides is 1. The molecule has 8 bridgehead atoms. The van der Waals surface area contributed by atoms with Gasteiger partial charge in [0.25, 0.3) is 5.91 Å². The van der Waals surface area contributed by atoms with E-state index in [1.165, 1.54) is 0 Å². The third-order valence-electron chi connectivity index (χ3n) is 8.28. The van der Waals surface area contributed by atoms with Crippen LogP contribution in [-0.4, -0.2) is 36.9 Å². The van der Waals surface area contributed by atoms with Gasteiger partial charge in [-0.3, -0.25) is 9.59 Å². The van der Waals surface area contributed by atoms with Gasteiger partial charge in [0.05, 0.1) is 16.6 Å². The predicted octanol–water partition coefficient (Wildman–Crippen LogP) is 1.86. The fourth-order valence-corrected chi connectivity index (χ4v) is 6.08. The van der Waals surface area contributed by atoms with Crippen LogP contribution in [0.15, 0.2) is 6.07 Å². The molecule has 0 saturated heterocycles. The van der Waals surface area contributed by atoms with Crippen LogP contribution >= 0.6 is 0 Å². The fourth-order valence-electron chi connectivity index (χ4n) is 6.08. The summed E-state index contributed by atoms with van der Waals surface area (Å²) in [5.41, 5.74) is 17.2. The van der Waals surface area contributed by atoms with Crippen molar-refractivity contribution in [1.29, 1.82) is 0 Å². The summed E-state index contributed by atoms with van der Waals surface area (Å²) in [6.45, 7) is 12.3. The van der Waals surface area contributed by atoms with Gasteiger partial charge in [-0.2, -0.15) is 0 Å². The smallest absolute Gasteiger partial charge is 0.303 e. The number of carbonyl (C=O) groups excluding carboxylic acids is 1. The maximum Gasteiger partial charge on any atom is 0.303 e. The molecule has 0 fully saturated rings. The Morgan fingerprint density at radius 2 is 1.45 bits per heavy atom. The molecule has 8 heteroatoms. The number of nitrogens with one attached hydrogen (secondary N) is 4. The molecule has 1 aliphatic heterocycles. The van der Waals surface area contributed by atoms with E-state index in [1.807, 2.05) is 26.0 Å². The molecule has 0 aromatic carbocycles. The lowest BCUT2D eigenvalue weighted by Gasteiger charge is -2.05. The lowest BCUT2D eigenvalue weighted by molar-refractivity contribution is -0.137. The molecule has 8 nitrogen and oxygen atoms in total. The van der Waals surface area contributed by atoms with E-state index in [4.69, 9.17) is 5.73 Å². The van der Waals surface area contributed by atoms with Gasteiger partial charge < -0.3 is 30.8 Å². The normalized spacial score (nSPS) is 12.6. The number of fused-ring (bicyclic) bond motifs is 8. The lowest BCUT2D eigenvalue weighted by Crippen LogP contribution is -2.26. The van der Waals surface area contributed by atoms with E-state index in [0.717, 1.165) is 96.0 Å². The molecule has 40 heavy (non-hydrogen) atoms. The topological polar surface area (TPSA) is 144 Å². The fraction of sp³-hybridized carbons (Fsp3) is 0.312. The van der Waals surface area contributed by atoms with E-state index in [9.17, 15) is 14.7 Å². The highest BCUT2D eigenvalue weighted by molar-refractivity contribution is 6.18. The number of amides is 1. The van der Waals surface area contributed by atoms with E-state index < -0.39 is 11.9 Å². The van der Waals surface area contributed by atoms with Crippen LogP contribution in [0.1, 0.15) is 82.0 Å². The molecule has 5 rings (SSSR count). The van der Waals surface area contributed by atoms with E-state index >= 15 is 0 Å². The lowest BCUT2D eigenvalue weighted by atomic mass is 10.0. The molecular formula is C32H37N5O3. The van der Waals surface area contributed by atoms with E-state index in [2.05, 4.69) is 59.8 Å². The molecule has 0 atom stereocenters. The summed E-state index contributed by atoms with van der Waals surface area (Å²) in [6, 6.07) is 2.09. The zero-order valence-electron chi connectivity index (χ0n) is 24.0. The van der Waals surface area contributed by atoms with Crippen LogP contribution in [0.5, 0.6) is 0 Å². The molecule has 208 valence electrons. The summed E-state index contributed by atoms with van der Waals surface area (Å²) in [5, 5.41) is 12.9. The van der Waals surface area contributed by atoms with Crippen molar-refractivity contribution in [2.75, 3.05) is 0 Å². The molecule has 4 aromatic heterocycles. The first-order valence-electron chi connectivity index (χ1n) is 13.8. The number of H-pyrrole nitrogens is 4. The zero-order chi connectivity index (χ0) is 28.9. The molecule has 7 N–H and O–H groups in total. The van der Waals surface area contributed by atoms with E-state index in [1.54, 1.807) is 0 Å². The third-order valence-corrected chi connectivity index (χ3v) is 8.28. The van der Waals surface area contributed by atoms with Crippen molar-refractivity contribution < 1.29 is 14.7 Å². The van der Waals surface area contributed by atoms with Crippen LogP contribution in [0.25, 0.3) is 23.8 Å². The Kier molecular flexibility index (Phi) is 6.96. The van der Waals surface area contributed by atoms with Gasteiger partial charge >= 0.3 is 5.97 Å². The van der Waals surface area contributed by atoms with Crippen LogP contribution in [0, 0.1) is 27.7 Å². The average molecular weight is 540 g/mol. The number of nitrogens with two attached hydrogens (primary N) is 1. The summed E-state index contributed by atoms with van der Waals surface area (Å²) in [7, 11) is 0. The van der Waals surface area contributed by atoms with Crippen LogP contribution in [-0.2, 0) is 28.9 Å². The molecule has 4 aromatic rings. The summed E-state index contributed by atoms with van der Waals surface area (Å²) >= 11 is 0. The van der Waals surface area contributed by atoms with E-state index in [0.29, 0.717) is 12.0 Å². The summed E-state index contributed by atoms with van der Waals surface area (Å²) in [6.07, 6.45) is 8.14. The summed E-state index contributed by atoms with van der Waals surface area (Å²) in [4.78, 5) is 38.7. The van der Waals surface area contributed by atoms with Crippen LogP contribution < -0.4 is 27.1 Å². The van der Waals surface area contributed by atoms with Crippen molar-refractivity contribution in [2.45, 2.75) is 67.2 Å². The molecule has 1 amide bonds. The van der Waals surface area contributed by atoms with Crippen molar-refractivity contribution in [3.8, 4) is 0 Å². The SMILES string of the molecule is CCc1c2[nH]c(c1C)C(C(N)=O)=c1[nH]c(c(C)c1CC)=Cc1[nH]c(c(CCC(=O)O)c1C)C=c1cc(C)c([nH]1)=C2. The van der Waals surface area contributed by atoms with Gasteiger partial charge in [-0.1, -0.05) is 13.8 Å². The number of carbonyl (C=O) groups is 2.